The van der Waals surface area contributed by atoms with Crippen LogP contribution in [0.15, 0.2) is 12.1 Å². The first-order chi connectivity index (χ1) is 11.7. The van der Waals surface area contributed by atoms with E-state index in [9.17, 15) is 4.79 Å². The van der Waals surface area contributed by atoms with E-state index in [0.717, 1.165) is 37.4 Å². The summed E-state index contributed by atoms with van der Waals surface area (Å²) in [6.07, 6.45) is 1.74. The molecule has 5 heteroatoms. The second-order valence-corrected chi connectivity index (χ2v) is 8.42. The van der Waals surface area contributed by atoms with Crippen LogP contribution in [-0.4, -0.2) is 56.1 Å². The summed E-state index contributed by atoms with van der Waals surface area (Å²) in [7, 11) is 5.39. The van der Waals surface area contributed by atoms with Gasteiger partial charge in [0.1, 0.15) is 0 Å². The SMILES string of the molecule is COc1cc2c(cc1OC)C1CN(C)C(CC(C)(C)C)C(=O)N1CC2. The smallest absolute Gasteiger partial charge is 0.240 e. The van der Waals surface area contributed by atoms with E-state index in [4.69, 9.17) is 9.47 Å². The molecule has 1 amide bonds. The molecule has 0 radical (unpaired) electrons. The number of rotatable bonds is 3. The first kappa shape index (κ1) is 18.1. The molecule has 138 valence electrons. The molecule has 1 fully saturated rings. The van der Waals surface area contributed by atoms with E-state index in [2.05, 4.69) is 49.8 Å². The predicted octanol–water partition coefficient (Wildman–Crippen LogP) is 2.88. The number of nitrogens with zero attached hydrogens (tertiary/aromatic N) is 2. The molecule has 5 nitrogen and oxygen atoms in total. The first-order valence-corrected chi connectivity index (χ1v) is 9.00. The van der Waals surface area contributed by atoms with Crippen LogP contribution in [-0.2, 0) is 11.2 Å². The number of methoxy groups -OCH3 is 2. The maximum atomic E-state index is 13.2. The molecule has 1 saturated heterocycles. The summed E-state index contributed by atoms with van der Waals surface area (Å²) in [5, 5.41) is 0. The minimum atomic E-state index is -0.0297. The molecule has 0 N–H and O–H groups in total. The number of hydrogen-bond acceptors (Lipinski definition) is 4. The fourth-order valence-corrected chi connectivity index (χ4v) is 4.09. The molecule has 2 heterocycles. The summed E-state index contributed by atoms with van der Waals surface area (Å²) >= 11 is 0. The van der Waals surface area contributed by atoms with E-state index in [-0.39, 0.29) is 23.4 Å². The first-order valence-electron chi connectivity index (χ1n) is 9.00. The van der Waals surface area contributed by atoms with Crippen molar-refractivity contribution in [3.8, 4) is 11.5 Å². The molecule has 1 aromatic rings. The lowest BCUT2D eigenvalue weighted by molar-refractivity contribution is -0.147. The van der Waals surface area contributed by atoms with Crippen LogP contribution in [0.5, 0.6) is 11.5 Å². The maximum absolute atomic E-state index is 13.2. The van der Waals surface area contributed by atoms with Crippen molar-refractivity contribution >= 4 is 5.91 Å². The van der Waals surface area contributed by atoms with Gasteiger partial charge in [0.15, 0.2) is 11.5 Å². The van der Waals surface area contributed by atoms with Crippen LogP contribution >= 0.6 is 0 Å². The van der Waals surface area contributed by atoms with E-state index in [1.165, 1.54) is 11.1 Å². The lowest BCUT2D eigenvalue weighted by Crippen LogP contribution is -2.59. The van der Waals surface area contributed by atoms with Crippen LogP contribution in [0.4, 0.5) is 0 Å². The van der Waals surface area contributed by atoms with Gasteiger partial charge in [0, 0.05) is 13.1 Å². The molecule has 2 unspecified atom stereocenters. The molecule has 0 saturated carbocycles. The summed E-state index contributed by atoms with van der Waals surface area (Å²) in [6.45, 7) is 8.23. The Bertz CT molecular complexity index is 666. The van der Waals surface area contributed by atoms with Gasteiger partial charge in [-0.05, 0) is 48.6 Å². The highest BCUT2D eigenvalue weighted by atomic mass is 16.5. The average Bonchev–Trinajstić information content (AvgIpc) is 2.56. The largest absolute Gasteiger partial charge is 0.493 e. The summed E-state index contributed by atoms with van der Waals surface area (Å²) in [6, 6.07) is 4.18. The predicted molar refractivity (Wildman–Crippen MR) is 98.2 cm³/mol. The topological polar surface area (TPSA) is 42.0 Å². The zero-order valence-electron chi connectivity index (χ0n) is 16.3. The minimum absolute atomic E-state index is 0.0297. The molecular formula is C20H30N2O3. The molecule has 0 aromatic heterocycles. The van der Waals surface area contributed by atoms with Crippen molar-refractivity contribution < 1.29 is 14.3 Å². The molecule has 3 rings (SSSR count). The Morgan fingerprint density at radius 2 is 1.80 bits per heavy atom. The second-order valence-electron chi connectivity index (χ2n) is 8.42. The third kappa shape index (κ3) is 3.34. The van der Waals surface area contributed by atoms with Gasteiger partial charge in [-0.2, -0.15) is 0 Å². The number of likely N-dealkylation sites (N-methyl/N-ethyl adjacent to an activating group) is 1. The summed E-state index contributed by atoms with van der Waals surface area (Å²) in [4.78, 5) is 17.5. The summed E-state index contributed by atoms with van der Waals surface area (Å²) in [5.74, 6) is 1.75. The molecule has 1 aromatic carbocycles. The normalized spacial score (nSPS) is 23.9. The number of ether oxygens (including phenoxy) is 2. The van der Waals surface area contributed by atoms with E-state index in [0.29, 0.717) is 0 Å². The van der Waals surface area contributed by atoms with Crippen molar-refractivity contribution in [1.29, 1.82) is 0 Å². The molecule has 25 heavy (non-hydrogen) atoms. The maximum Gasteiger partial charge on any atom is 0.240 e. The summed E-state index contributed by atoms with van der Waals surface area (Å²) in [5.41, 5.74) is 2.58. The fraction of sp³-hybridized carbons (Fsp3) is 0.650. The molecule has 0 spiro atoms. The van der Waals surface area contributed by atoms with Gasteiger partial charge >= 0.3 is 0 Å². The van der Waals surface area contributed by atoms with E-state index >= 15 is 0 Å². The van der Waals surface area contributed by atoms with Crippen LogP contribution in [0.2, 0.25) is 0 Å². The molecule has 2 atom stereocenters. The molecule has 0 aliphatic carbocycles. The number of carbonyl (C=O) groups is 1. The highest BCUT2D eigenvalue weighted by Gasteiger charge is 2.43. The van der Waals surface area contributed by atoms with E-state index in [1.807, 2.05) is 0 Å². The third-order valence-corrected chi connectivity index (χ3v) is 5.37. The quantitative estimate of drug-likeness (QED) is 0.844. The fourth-order valence-electron chi connectivity index (χ4n) is 4.09. The number of benzene rings is 1. The van der Waals surface area contributed by atoms with Gasteiger partial charge < -0.3 is 14.4 Å². The number of hydrogen-bond donors (Lipinski definition) is 0. The van der Waals surface area contributed by atoms with Gasteiger partial charge in [0.25, 0.3) is 0 Å². The van der Waals surface area contributed by atoms with Gasteiger partial charge in [0.05, 0.1) is 26.3 Å². The van der Waals surface area contributed by atoms with Crippen molar-refractivity contribution in [2.45, 2.75) is 45.7 Å². The number of piperazine rings is 1. The molecule has 2 aliphatic rings. The molecule has 0 bridgehead atoms. The van der Waals surface area contributed by atoms with Gasteiger partial charge in [-0.3, -0.25) is 9.69 Å². The Labute approximate surface area is 150 Å². The van der Waals surface area contributed by atoms with Crippen LogP contribution in [0.25, 0.3) is 0 Å². The van der Waals surface area contributed by atoms with E-state index in [1.54, 1.807) is 14.2 Å². The van der Waals surface area contributed by atoms with Crippen LogP contribution < -0.4 is 9.47 Å². The van der Waals surface area contributed by atoms with E-state index < -0.39 is 0 Å². The van der Waals surface area contributed by atoms with Crippen molar-refractivity contribution in [1.82, 2.24) is 9.80 Å². The Morgan fingerprint density at radius 1 is 1.16 bits per heavy atom. The van der Waals surface area contributed by atoms with Crippen LogP contribution in [0, 0.1) is 5.41 Å². The standard InChI is InChI=1S/C20H30N2O3/c1-20(2,3)11-15-19(23)22-8-7-13-9-17(24-5)18(25-6)10-14(13)16(22)12-21(15)4/h9-10,15-16H,7-8,11-12H2,1-6H3. The lowest BCUT2D eigenvalue weighted by atomic mass is 9.83. The van der Waals surface area contributed by atoms with Gasteiger partial charge in [0.2, 0.25) is 5.91 Å². The average molecular weight is 346 g/mol. The van der Waals surface area contributed by atoms with Gasteiger partial charge in [-0.15, -0.1) is 0 Å². The summed E-state index contributed by atoms with van der Waals surface area (Å²) < 4.78 is 10.9. The zero-order valence-corrected chi connectivity index (χ0v) is 16.3. The third-order valence-electron chi connectivity index (χ3n) is 5.37. The number of carbonyl (C=O) groups excluding carboxylic acids is 1. The highest BCUT2D eigenvalue weighted by molar-refractivity contribution is 5.83. The van der Waals surface area contributed by atoms with Crippen molar-refractivity contribution in [3.63, 3.8) is 0 Å². The Kier molecular flexibility index (Phi) is 4.71. The zero-order chi connectivity index (χ0) is 18.4. The second kappa shape index (κ2) is 6.52. The number of fused-ring (bicyclic) bond motifs is 3. The van der Waals surface area contributed by atoms with Crippen molar-refractivity contribution in [3.05, 3.63) is 23.3 Å². The van der Waals surface area contributed by atoms with Crippen LogP contribution in [0.1, 0.15) is 44.4 Å². The van der Waals surface area contributed by atoms with Gasteiger partial charge in [-0.1, -0.05) is 20.8 Å². The van der Waals surface area contributed by atoms with Crippen molar-refractivity contribution in [2.24, 2.45) is 5.41 Å². The van der Waals surface area contributed by atoms with Gasteiger partial charge in [-0.25, -0.2) is 0 Å². The Hall–Kier alpha value is -1.75. The number of amides is 1. The monoisotopic (exact) mass is 346 g/mol. The molecular weight excluding hydrogens is 316 g/mol. The Balaban J connectivity index is 1.93. The highest BCUT2D eigenvalue weighted by Crippen LogP contribution is 2.41. The molecule has 2 aliphatic heterocycles. The minimum Gasteiger partial charge on any atom is -0.493 e. The lowest BCUT2D eigenvalue weighted by Gasteiger charge is -2.48. The van der Waals surface area contributed by atoms with Crippen LogP contribution in [0.3, 0.4) is 0 Å². The van der Waals surface area contributed by atoms with Crippen molar-refractivity contribution in [2.75, 3.05) is 34.4 Å². The Morgan fingerprint density at radius 3 is 2.40 bits per heavy atom.